The Kier molecular flexibility index (Phi) is 7.69. The van der Waals surface area contributed by atoms with Crippen molar-refractivity contribution in [2.75, 3.05) is 26.0 Å². The molecule has 0 aliphatic heterocycles. The summed E-state index contributed by atoms with van der Waals surface area (Å²) >= 11 is 0. The zero-order valence-corrected chi connectivity index (χ0v) is 16.4. The van der Waals surface area contributed by atoms with Crippen molar-refractivity contribution in [2.24, 2.45) is 0 Å². The third kappa shape index (κ3) is 8.33. The Balaban J connectivity index is 3.13. The molecular weight excluding hydrogens is 380 g/mol. The summed E-state index contributed by atoms with van der Waals surface area (Å²) in [6, 6.07) is 5.11. The molecule has 27 heavy (non-hydrogen) atoms. The SMILES string of the molecule is CC(C)(C)OC(=O)N(CCO)C[C@@H](OS(C)(=O)=O)c1ccc([N+](=O)[O-])cc1. The van der Waals surface area contributed by atoms with E-state index in [2.05, 4.69) is 0 Å². The maximum atomic E-state index is 12.3. The quantitative estimate of drug-likeness (QED) is 0.394. The number of non-ortho nitro benzene ring substituents is 1. The van der Waals surface area contributed by atoms with Gasteiger partial charge < -0.3 is 14.7 Å². The summed E-state index contributed by atoms with van der Waals surface area (Å²) in [7, 11) is -3.89. The highest BCUT2D eigenvalue weighted by Crippen LogP contribution is 2.24. The predicted molar refractivity (Wildman–Crippen MR) is 96.7 cm³/mol. The molecule has 0 saturated heterocycles. The van der Waals surface area contributed by atoms with Gasteiger partial charge in [0.1, 0.15) is 11.7 Å². The molecule has 1 atom stereocenters. The highest BCUT2D eigenvalue weighted by molar-refractivity contribution is 7.86. The first kappa shape index (κ1) is 22.8. The third-order valence-electron chi connectivity index (χ3n) is 3.17. The number of benzene rings is 1. The maximum Gasteiger partial charge on any atom is 0.410 e. The third-order valence-corrected chi connectivity index (χ3v) is 3.76. The average Bonchev–Trinajstić information content (AvgIpc) is 2.50. The monoisotopic (exact) mass is 404 g/mol. The molecule has 1 amide bonds. The summed E-state index contributed by atoms with van der Waals surface area (Å²) in [4.78, 5) is 23.6. The molecule has 0 fully saturated rings. The molecule has 0 spiro atoms. The van der Waals surface area contributed by atoms with Gasteiger partial charge in [0.2, 0.25) is 0 Å². The van der Waals surface area contributed by atoms with E-state index >= 15 is 0 Å². The van der Waals surface area contributed by atoms with Crippen molar-refractivity contribution in [2.45, 2.75) is 32.5 Å². The van der Waals surface area contributed by atoms with Crippen LogP contribution in [0.5, 0.6) is 0 Å². The summed E-state index contributed by atoms with van der Waals surface area (Å²) < 4.78 is 33.5. The Morgan fingerprint density at radius 1 is 1.30 bits per heavy atom. The van der Waals surface area contributed by atoms with Gasteiger partial charge in [-0.05, 0) is 38.5 Å². The van der Waals surface area contributed by atoms with Crippen molar-refractivity contribution in [1.29, 1.82) is 0 Å². The number of amides is 1. The first-order valence-corrected chi connectivity index (χ1v) is 9.85. The molecule has 0 unspecified atom stereocenters. The lowest BCUT2D eigenvalue weighted by molar-refractivity contribution is -0.384. The van der Waals surface area contributed by atoms with E-state index in [1.807, 2.05) is 0 Å². The Hall–Kier alpha value is -2.24. The Bertz CT molecular complexity index is 756. The van der Waals surface area contributed by atoms with Gasteiger partial charge in [0.25, 0.3) is 15.8 Å². The van der Waals surface area contributed by atoms with Crippen molar-refractivity contribution in [3.63, 3.8) is 0 Å². The molecule has 0 radical (unpaired) electrons. The number of nitro benzene ring substituents is 1. The van der Waals surface area contributed by atoms with Gasteiger partial charge in [0.15, 0.2) is 0 Å². The van der Waals surface area contributed by atoms with Crippen LogP contribution in [0.25, 0.3) is 0 Å². The summed E-state index contributed by atoms with van der Waals surface area (Å²) in [5.74, 6) is 0. The maximum absolute atomic E-state index is 12.3. The van der Waals surface area contributed by atoms with Gasteiger partial charge in [0.05, 0.1) is 24.3 Å². The molecule has 1 aromatic rings. The molecule has 0 aliphatic carbocycles. The number of aliphatic hydroxyl groups excluding tert-OH is 1. The van der Waals surface area contributed by atoms with Crippen LogP contribution in [-0.2, 0) is 19.0 Å². The van der Waals surface area contributed by atoms with Crippen LogP contribution in [0.4, 0.5) is 10.5 Å². The number of aliphatic hydroxyl groups is 1. The van der Waals surface area contributed by atoms with Gasteiger partial charge in [-0.25, -0.2) is 4.79 Å². The van der Waals surface area contributed by atoms with Crippen molar-refractivity contribution >= 4 is 21.9 Å². The number of rotatable bonds is 8. The van der Waals surface area contributed by atoms with Gasteiger partial charge in [-0.15, -0.1) is 0 Å². The zero-order valence-electron chi connectivity index (χ0n) is 15.6. The molecule has 0 aromatic heterocycles. The lowest BCUT2D eigenvalue weighted by Crippen LogP contribution is -2.41. The number of carbonyl (C=O) groups excluding carboxylic acids is 1. The Morgan fingerprint density at radius 2 is 1.85 bits per heavy atom. The summed E-state index contributed by atoms with van der Waals surface area (Å²) in [6.07, 6.45) is -1.02. The molecule has 0 aliphatic rings. The molecule has 11 heteroatoms. The highest BCUT2D eigenvalue weighted by atomic mass is 32.2. The first-order chi connectivity index (χ1) is 12.3. The fourth-order valence-electron chi connectivity index (χ4n) is 2.12. The normalized spacial score (nSPS) is 13.1. The van der Waals surface area contributed by atoms with E-state index in [0.717, 1.165) is 11.2 Å². The van der Waals surface area contributed by atoms with E-state index in [9.17, 15) is 28.4 Å². The fourth-order valence-corrected chi connectivity index (χ4v) is 2.71. The second-order valence-corrected chi connectivity index (χ2v) is 8.39. The van der Waals surface area contributed by atoms with Crippen LogP contribution >= 0.6 is 0 Å². The minimum Gasteiger partial charge on any atom is -0.444 e. The molecule has 0 saturated carbocycles. The second-order valence-electron chi connectivity index (χ2n) is 6.79. The standard InChI is InChI=1S/C16H24N2O8S/c1-16(2,3)25-15(20)17(9-10-19)11-14(26-27(4,23)24)12-5-7-13(8-6-12)18(21)22/h5-8,14,19H,9-11H2,1-4H3/t14-/m1/s1. The minimum absolute atomic E-state index is 0.106. The van der Waals surface area contributed by atoms with Gasteiger partial charge in [-0.3, -0.25) is 14.3 Å². The van der Waals surface area contributed by atoms with E-state index in [-0.39, 0.29) is 25.4 Å². The topological polar surface area (TPSA) is 136 Å². The van der Waals surface area contributed by atoms with Crippen LogP contribution in [-0.4, -0.2) is 61.0 Å². The van der Waals surface area contributed by atoms with E-state index in [4.69, 9.17) is 8.92 Å². The molecular formula is C16H24N2O8S. The van der Waals surface area contributed by atoms with E-state index in [0.29, 0.717) is 5.56 Å². The average molecular weight is 404 g/mol. The zero-order chi connectivity index (χ0) is 20.8. The van der Waals surface area contributed by atoms with E-state index in [1.165, 1.54) is 24.3 Å². The van der Waals surface area contributed by atoms with Crippen LogP contribution in [0.1, 0.15) is 32.4 Å². The molecule has 0 heterocycles. The van der Waals surface area contributed by atoms with Crippen LogP contribution in [0.3, 0.4) is 0 Å². The van der Waals surface area contributed by atoms with Crippen molar-refractivity contribution in [1.82, 2.24) is 4.90 Å². The van der Waals surface area contributed by atoms with Crippen molar-refractivity contribution in [3.05, 3.63) is 39.9 Å². The fraction of sp³-hybridized carbons (Fsp3) is 0.562. The van der Waals surface area contributed by atoms with Crippen LogP contribution in [0.15, 0.2) is 24.3 Å². The van der Waals surface area contributed by atoms with Gasteiger partial charge in [-0.1, -0.05) is 0 Å². The van der Waals surface area contributed by atoms with Crippen LogP contribution in [0, 0.1) is 10.1 Å². The molecule has 1 rings (SSSR count). The highest BCUT2D eigenvalue weighted by Gasteiger charge is 2.27. The number of carbonyl (C=O) groups is 1. The van der Waals surface area contributed by atoms with E-state index < -0.39 is 32.8 Å². The number of nitro groups is 1. The molecule has 10 nitrogen and oxygen atoms in total. The lowest BCUT2D eigenvalue weighted by Gasteiger charge is -2.29. The Labute approximate surface area is 158 Å². The number of hydrogen-bond acceptors (Lipinski definition) is 8. The molecule has 0 bridgehead atoms. The van der Waals surface area contributed by atoms with Gasteiger partial charge >= 0.3 is 6.09 Å². The minimum atomic E-state index is -3.89. The first-order valence-electron chi connectivity index (χ1n) is 8.04. The Morgan fingerprint density at radius 3 is 2.26 bits per heavy atom. The predicted octanol–water partition coefficient (Wildman–Crippen LogP) is 1.84. The van der Waals surface area contributed by atoms with E-state index in [1.54, 1.807) is 20.8 Å². The largest absolute Gasteiger partial charge is 0.444 e. The van der Waals surface area contributed by atoms with Gasteiger partial charge in [-0.2, -0.15) is 8.42 Å². The van der Waals surface area contributed by atoms with Crippen LogP contribution < -0.4 is 0 Å². The number of hydrogen-bond donors (Lipinski definition) is 1. The van der Waals surface area contributed by atoms with Gasteiger partial charge in [0, 0.05) is 18.7 Å². The smallest absolute Gasteiger partial charge is 0.410 e. The van der Waals surface area contributed by atoms with Crippen molar-refractivity contribution < 1.29 is 32.2 Å². The second kappa shape index (κ2) is 9.11. The summed E-state index contributed by atoms with van der Waals surface area (Å²) in [5, 5.41) is 20.0. The number of ether oxygens (including phenoxy) is 1. The van der Waals surface area contributed by atoms with Crippen molar-refractivity contribution in [3.8, 4) is 0 Å². The molecule has 1 N–H and O–H groups in total. The number of nitrogens with zero attached hydrogens (tertiary/aromatic N) is 2. The summed E-state index contributed by atoms with van der Waals surface area (Å²) in [5.41, 5.74) is -0.639. The molecule has 152 valence electrons. The van der Waals surface area contributed by atoms with Crippen LogP contribution in [0.2, 0.25) is 0 Å². The summed E-state index contributed by atoms with van der Waals surface area (Å²) in [6.45, 7) is 4.30. The molecule has 1 aromatic carbocycles. The lowest BCUT2D eigenvalue weighted by atomic mass is 10.1.